The highest BCUT2D eigenvalue weighted by molar-refractivity contribution is 7.85. The molecule has 0 atom stereocenters. The molecule has 2 aromatic heterocycles. The number of aromatic nitrogens is 1. The van der Waals surface area contributed by atoms with Gasteiger partial charge in [-0.25, -0.2) is 0 Å². The van der Waals surface area contributed by atoms with Crippen molar-refractivity contribution in [3.8, 4) is 11.3 Å². The van der Waals surface area contributed by atoms with Crippen LogP contribution in [0.5, 0.6) is 0 Å². The van der Waals surface area contributed by atoms with Crippen molar-refractivity contribution in [3.63, 3.8) is 0 Å². The van der Waals surface area contributed by atoms with E-state index in [0.29, 0.717) is 49.6 Å². The standard InChI is InChI=1S/C21H22N2O6S/c1-30(25,26)28-9-6-18-13-17-12-15(3-5-20(17)29-18)19-4-2-16(14-22-19)21(24)23-7-10-27-11-8-23/h2-5,12-14H,6-11H2,1H3. The molecule has 0 saturated carbocycles. The van der Waals surface area contributed by atoms with E-state index in [2.05, 4.69) is 4.98 Å². The zero-order valence-electron chi connectivity index (χ0n) is 16.5. The van der Waals surface area contributed by atoms with Crippen molar-refractivity contribution in [2.45, 2.75) is 6.42 Å². The summed E-state index contributed by atoms with van der Waals surface area (Å²) in [6, 6.07) is 11.2. The van der Waals surface area contributed by atoms with Crippen LogP contribution < -0.4 is 0 Å². The van der Waals surface area contributed by atoms with E-state index in [1.807, 2.05) is 30.3 Å². The minimum atomic E-state index is -3.47. The Hall–Kier alpha value is -2.75. The number of hydrogen-bond acceptors (Lipinski definition) is 7. The van der Waals surface area contributed by atoms with Gasteiger partial charge < -0.3 is 14.1 Å². The molecule has 0 aliphatic carbocycles. The molecule has 0 N–H and O–H groups in total. The maximum absolute atomic E-state index is 12.5. The molecule has 0 unspecified atom stereocenters. The summed E-state index contributed by atoms with van der Waals surface area (Å²) >= 11 is 0. The van der Waals surface area contributed by atoms with Gasteiger partial charge in [0.15, 0.2) is 0 Å². The molecule has 3 aromatic rings. The Kier molecular flexibility index (Phi) is 5.85. The molecule has 9 heteroatoms. The predicted molar refractivity (Wildman–Crippen MR) is 111 cm³/mol. The third-order valence-corrected chi connectivity index (χ3v) is 5.41. The van der Waals surface area contributed by atoms with Gasteiger partial charge in [0.2, 0.25) is 0 Å². The average molecular weight is 430 g/mol. The van der Waals surface area contributed by atoms with Gasteiger partial charge in [0.05, 0.1) is 37.3 Å². The van der Waals surface area contributed by atoms with Gasteiger partial charge in [-0.15, -0.1) is 0 Å². The van der Waals surface area contributed by atoms with Crippen LogP contribution in [0, 0.1) is 0 Å². The zero-order chi connectivity index (χ0) is 21.1. The van der Waals surface area contributed by atoms with Crippen LogP contribution in [0.4, 0.5) is 0 Å². The van der Waals surface area contributed by atoms with Crippen LogP contribution in [0.2, 0.25) is 0 Å². The first-order chi connectivity index (χ1) is 14.4. The summed E-state index contributed by atoms with van der Waals surface area (Å²) in [6.45, 7) is 2.34. The van der Waals surface area contributed by atoms with E-state index >= 15 is 0 Å². The number of nitrogens with zero attached hydrogens (tertiary/aromatic N) is 2. The SMILES string of the molecule is CS(=O)(=O)OCCc1cc2cc(-c3ccc(C(=O)N4CCOCC4)cn3)ccc2o1. The molecule has 1 aromatic carbocycles. The molecule has 0 spiro atoms. The first-order valence-corrected chi connectivity index (χ1v) is 11.4. The van der Waals surface area contributed by atoms with Crippen molar-refractivity contribution in [3.05, 3.63) is 53.9 Å². The van der Waals surface area contributed by atoms with Gasteiger partial charge in [0, 0.05) is 36.7 Å². The number of benzene rings is 1. The van der Waals surface area contributed by atoms with Crippen LogP contribution >= 0.6 is 0 Å². The lowest BCUT2D eigenvalue weighted by atomic mass is 10.1. The Morgan fingerprint density at radius 1 is 1.17 bits per heavy atom. The normalized spacial score (nSPS) is 14.9. The summed E-state index contributed by atoms with van der Waals surface area (Å²) in [5.74, 6) is 0.605. The fourth-order valence-electron chi connectivity index (χ4n) is 3.31. The van der Waals surface area contributed by atoms with Crippen LogP contribution in [0.1, 0.15) is 16.1 Å². The summed E-state index contributed by atoms with van der Waals surface area (Å²) in [7, 11) is -3.47. The van der Waals surface area contributed by atoms with Crippen LogP contribution in [0.25, 0.3) is 22.2 Å². The van der Waals surface area contributed by atoms with E-state index in [0.717, 1.165) is 22.9 Å². The van der Waals surface area contributed by atoms with E-state index in [-0.39, 0.29) is 12.5 Å². The molecule has 0 bridgehead atoms. The Bertz CT molecular complexity index is 1150. The van der Waals surface area contributed by atoms with Gasteiger partial charge in [-0.2, -0.15) is 8.42 Å². The number of fused-ring (bicyclic) bond motifs is 1. The van der Waals surface area contributed by atoms with Crippen LogP contribution in [-0.2, 0) is 25.5 Å². The molecule has 1 aliphatic rings. The molecule has 1 amide bonds. The summed E-state index contributed by atoms with van der Waals surface area (Å²) in [4.78, 5) is 18.8. The van der Waals surface area contributed by atoms with Crippen LogP contribution in [-0.4, -0.2) is 63.4 Å². The van der Waals surface area contributed by atoms with Crippen molar-refractivity contribution in [2.75, 3.05) is 39.2 Å². The van der Waals surface area contributed by atoms with E-state index in [9.17, 15) is 13.2 Å². The molecule has 1 aliphatic heterocycles. The Balaban J connectivity index is 1.48. The lowest BCUT2D eigenvalue weighted by molar-refractivity contribution is 0.0302. The molecule has 4 rings (SSSR count). The van der Waals surface area contributed by atoms with Crippen molar-refractivity contribution in [2.24, 2.45) is 0 Å². The second kappa shape index (κ2) is 8.55. The second-order valence-corrected chi connectivity index (χ2v) is 8.72. The molecular weight excluding hydrogens is 408 g/mol. The first kappa shape index (κ1) is 20.5. The molecule has 30 heavy (non-hydrogen) atoms. The monoisotopic (exact) mass is 430 g/mol. The smallest absolute Gasteiger partial charge is 0.264 e. The third kappa shape index (κ3) is 4.86. The number of rotatable bonds is 6. The van der Waals surface area contributed by atoms with Gasteiger partial charge in [0.25, 0.3) is 16.0 Å². The van der Waals surface area contributed by atoms with E-state index < -0.39 is 10.1 Å². The minimum absolute atomic E-state index is 0.0334. The number of carbonyl (C=O) groups excluding carboxylic acids is 1. The molecule has 1 fully saturated rings. The highest BCUT2D eigenvalue weighted by Gasteiger charge is 2.19. The maximum atomic E-state index is 12.5. The van der Waals surface area contributed by atoms with Gasteiger partial charge in [-0.3, -0.25) is 14.0 Å². The Morgan fingerprint density at radius 3 is 2.67 bits per heavy atom. The summed E-state index contributed by atoms with van der Waals surface area (Å²) in [6.07, 6.45) is 2.97. The van der Waals surface area contributed by atoms with Gasteiger partial charge in [0.1, 0.15) is 11.3 Å². The number of hydrogen-bond donors (Lipinski definition) is 0. The van der Waals surface area contributed by atoms with Crippen LogP contribution in [0.3, 0.4) is 0 Å². The molecular formula is C21H22N2O6S. The summed E-state index contributed by atoms with van der Waals surface area (Å²) in [5, 5.41) is 0.886. The molecule has 3 heterocycles. The Labute approximate surface area is 174 Å². The van der Waals surface area contributed by atoms with Crippen molar-refractivity contribution in [1.29, 1.82) is 0 Å². The number of amides is 1. The van der Waals surface area contributed by atoms with E-state index in [1.165, 1.54) is 0 Å². The zero-order valence-corrected chi connectivity index (χ0v) is 17.4. The quantitative estimate of drug-likeness (QED) is 0.554. The lowest BCUT2D eigenvalue weighted by Crippen LogP contribution is -2.40. The minimum Gasteiger partial charge on any atom is -0.461 e. The molecule has 1 saturated heterocycles. The third-order valence-electron chi connectivity index (χ3n) is 4.82. The molecule has 8 nitrogen and oxygen atoms in total. The van der Waals surface area contributed by atoms with Crippen molar-refractivity contribution >= 4 is 27.0 Å². The summed E-state index contributed by atoms with van der Waals surface area (Å²) < 4.78 is 37.9. The predicted octanol–water partition coefficient (Wildman–Crippen LogP) is 2.49. The number of morpholine rings is 1. The largest absolute Gasteiger partial charge is 0.461 e. The maximum Gasteiger partial charge on any atom is 0.264 e. The average Bonchev–Trinajstić information content (AvgIpc) is 3.15. The van der Waals surface area contributed by atoms with Gasteiger partial charge in [-0.1, -0.05) is 0 Å². The van der Waals surface area contributed by atoms with E-state index in [1.54, 1.807) is 17.2 Å². The lowest BCUT2D eigenvalue weighted by Gasteiger charge is -2.26. The number of pyridine rings is 1. The highest BCUT2D eigenvalue weighted by Crippen LogP contribution is 2.26. The number of furan rings is 1. The van der Waals surface area contributed by atoms with E-state index in [4.69, 9.17) is 13.3 Å². The van der Waals surface area contributed by atoms with Crippen molar-refractivity contribution in [1.82, 2.24) is 9.88 Å². The highest BCUT2D eigenvalue weighted by atomic mass is 32.2. The topological polar surface area (TPSA) is 98.9 Å². The fourth-order valence-corrected chi connectivity index (χ4v) is 3.70. The first-order valence-electron chi connectivity index (χ1n) is 9.59. The number of carbonyl (C=O) groups is 1. The second-order valence-electron chi connectivity index (χ2n) is 7.08. The Morgan fingerprint density at radius 2 is 1.97 bits per heavy atom. The molecule has 158 valence electrons. The van der Waals surface area contributed by atoms with Crippen LogP contribution in [0.15, 0.2) is 47.0 Å². The number of ether oxygens (including phenoxy) is 1. The molecule has 0 radical (unpaired) electrons. The van der Waals surface area contributed by atoms with Gasteiger partial charge >= 0.3 is 0 Å². The fraction of sp³-hybridized carbons (Fsp3) is 0.333. The van der Waals surface area contributed by atoms with Gasteiger partial charge in [-0.05, 0) is 36.4 Å². The summed E-state index contributed by atoms with van der Waals surface area (Å²) in [5.41, 5.74) is 2.90. The van der Waals surface area contributed by atoms with Crippen molar-refractivity contribution < 1.29 is 26.5 Å².